The van der Waals surface area contributed by atoms with Crippen LogP contribution in [0.5, 0.6) is 0 Å². The van der Waals surface area contributed by atoms with Crippen LogP contribution in [0.3, 0.4) is 0 Å². The van der Waals surface area contributed by atoms with Crippen molar-refractivity contribution >= 4 is 0 Å². The maximum atomic E-state index is 5.01. The molecule has 1 saturated carbocycles. The van der Waals surface area contributed by atoms with E-state index in [0.717, 1.165) is 37.3 Å². The predicted octanol–water partition coefficient (Wildman–Crippen LogP) is 1.82. The van der Waals surface area contributed by atoms with Gasteiger partial charge in [-0.1, -0.05) is 12.2 Å². The van der Waals surface area contributed by atoms with Gasteiger partial charge in [-0.3, -0.25) is 0 Å². The van der Waals surface area contributed by atoms with Crippen molar-refractivity contribution in [2.75, 3.05) is 26.8 Å². The van der Waals surface area contributed by atoms with Gasteiger partial charge >= 0.3 is 0 Å². The lowest BCUT2D eigenvalue weighted by atomic mass is 9.94. The van der Waals surface area contributed by atoms with Crippen LogP contribution in [-0.2, 0) is 4.74 Å². The Morgan fingerprint density at radius 1 is 1.36 bits per heavy atom. The number of hydrogen-bond donors (Lipinski definition) is 1. The molecule has 0 aliphatic heterocycles. The van der Waals surface area contributed by atoms with Crippen molar-refractivity contribution in [1.82, 2.24) is 5.32 Å². The number of hydrogen-bond acceptors (Lipinski definition) is 2. The summed E-state index contributed by atoms with van der Waals surface area (Å²) in [7, 11) is 1.76. The maximum absolute atomic E-state index is 5.01. The molecule has 3 atom stereocenters. The summed E-state index contributed by atoms with van der Waals surface area (Å²) in [5.74, 6) is 2.70. The normalized spacial score (nSPS) is 34.2. The van der Waals surface area contributed by atoms with Crippen LogP contribution in [0.15, 0.2) is 12.2 Å². The zero-order valence-electron chi connectivity index (χ0n) is 9.04. The van der Waals surface area contributed by atoms with Crippen LogP contribution in [-0.4, -0.2) is 26.8 Å². The van der Waals surface area contributed by atoms with Gasteiger partial charge in [0.2, 0.25) is 0 Å². The lowest BCUT2D eigenvalue weighted by molar-refractivity contribution is 0.193. The summed E-state index contributed by atoms with van der Waals surface area (Å²) in [6.07, 6.45) is 8.80. The highest BCUT2D eigenvalue weighted by Gasteiger charge is 2.34. The summed E-state index contributed by atoms with van der Waals surface area (Å²) in [5, 5.41) is 3.53. The zero-order chi connectivity index (χ0) is 9.80. The van der Waals surface area contributed by atoms with Crippen molar-refractivity contribution in [3.05, 3.63) is 12.2 Å². The Morgan fingerprint density at radius 3 is 2.93 bits per heavy atom. The standard InChI is InChI=1S/C12H21NO/c1-14-6-2-5-13-9-12-8-10-3-4-11(12)7-10/h3-4,10-13H,2,5-9H2,1H3. The molecule has 0 heterocycles. The molecule has 2 nitrogen and oxygen atoms in total. The molecular formula is C12H21NO. The van der Waals surface area contributed by atoms with Gasteiger partial charge < -0.3 is 10.1 Å². The topological polar surface area (TPSA) is 21.3 Å². The van der Waals surface area contributed by atoms with Gasteiger partial charge in [-0.15, -0.1) is 0 Å². The van der Waals surface area contributed by atoms with E-state index in [1.165, 1.54) is 19.4 Å². The lowest BCUT2D eigenvalue weighted by Crippen LogP contribution is -2.26. The average Bonchev–Trinajstić information content (AvgIpc) is 2.79. The smallest absolute Gasteiger partial charge is 0.0474 e. The second kappa shape index (κ2) is 4.94. The van der Waals surface area contributed by atoms with Crippen LogP contribution in [0.2, 0.25) is 0 Å². The molecule has 1 fully saturated rings. The highest BCUT2D eigenvalue weighted by atomic mass is 16.5. The van der Waals surface area contributed by atoms with Gasteiger partial charge in [-0.25, -0.2) is 0 Å². The van der Waals surface area contributed by atoms with Crippen LogP contribution in [0, 0.1) is 17.8 Å². The Kier molecular flexibility index (Phi) is 3.60. The number of ether oxygens (including phenoxy) is 1. The number of methoxy groups -OCH3 is 1. The van der Waals surface area contributed by atoms with Crippen molar-refractivity contribution in [3.63, 3.8) is 0 Å². The molecule has 2 aliphatic rings. The summed E-state index contributed by atoms with van der Waals surface area (Å²) in [4.78, 5) is 0. The van der Waals surface area contributed by atoms with Crippen molar-refractivity contribution in [3.8, 4) is 0 Å². The molecule has 2 rings (SSSR count). The van der Waals surface area contributed by atoms with Crippen molar-refractivity contribution in [2.24, 2.45) is 17.8 Å². The molecule has 2 heteroatoms. The second-order valence-corrected chi connectivity index (χ2v) is 4.59. The second-order valence-electron chi connectivity index (χ2n) is 4.59. The minimum atomic E-state index is 0.879. The Bertz CT molecular complexity index is 202. The van der Waals surface area contributed by atoms with E-state index in [1.807, 2.05) is 0 Å². The molecule has 2 bridgehead atoms. The fourth-order valence-electron chi connectivity index (χ4n) is 2.76. The number of allylic oxidation sites excluding steroid dienone is 2. The summed E-state index contributed by atoms with van der Waals surface area (Å²) < 4.78 is 5.01. The molecule has 3 unspecified atom stereocenters. The van der Waals surface area contributed by atoms with Gasteiger partial charge in [0, 0.05) is 13.7 Å². The van der Waals surface area contributed by atoms with Gasteiger partial charge in [0.1, 0.15) is 0 Å². The molecule has 0 radical (unpaired) electrons. The third-order valence-corrected chi connectivity index (χ3v) is 3.52. The first kappa shape index (κ1) is 10.2. The molecule has 80 valence electrons. The van der Waals surface area contributed by atoms with Gasteiger partial charge in [-0.2, -0.15) is 0 Å². The SMILES string of the molecule is COCCCNCC1CC2C=CC1C2. The summed E-state index contributed by atoms with van der Waals surface area (Å²) in [5.41, 5.74) is 0. The minimum absolute atomic E-state index is 0.879. The van der Waals surface area contributed by atoms with Gasteiger partial charge in [-0.05, 0) is 50.1 Å². The Hall–Kier alpha value is -0.340. The zero-order valence-corrected chi connectivity index (χ0v) is 9.04. The first-order chi connectivity index (χ1) is 6.90. The Labute approximate surface area is 86.7 Å². The molecule has 0 aromatic carbocycles. The Morgan fingerprint density at radius 2 is 2.29 bits per heavy atom. The van der Waals surface area contributed by atoms with E-state index >= 15 is 0 Å². The lowest BCUT2D eigenvalue weighted by Gasteiger charge is -2.18. The van der Waals surface area contributed by atoms with Crippen LogP contribution in [0.25, 0.3) is 0 Å². The summed E-state index contributed by atoms with van der Waals surface area (Å²) in [6.45, 7) is 3.18. The average molecular weight is 195 g/mol. The highest BCUT2D eigenvalue weighted by Crippen LogP contribution is 2.42. The molecule has 0 aromatic heterocycles. The van der Waals surface area contributed by atoms with Crippen molar-refractivity contribution in [2.45, 2.75) is 19.3 Å². The molecule has 0 aromatic rings. The third-order valence-electron chi connectivity index (χ3n) is 3.52. The molecule has 0 amide bonds. The molecule has 0 spiro atoms. The minimum Gasteiger partial charge on any atom is -0.385 e. The molecule has 1 N–H and O–H groups in total. The molecular weight excluding hydrogens is 174 g/mol. The van der Waals surface area contributed by atoms with E-state index in [0.29, 0.717) is 0 Å². The van der Waals surface area contributed by atoms with Crippen LogP contribution >= 0.6 is 0 Å². The summed E-state index contributed by atoms with van der Waals surface area (Å²) >= 11 is 0. The van der Waals surface area contributed by atoms with E-state index in [9.17, 15) is 0 Å². The summed E-state index contributed by atoms with van der Waals surface area (Å²) in [6, 6.07) is 0. The third kappa shape index (κ3) is 2.37. The van der Waals surface area contributed by atoms with E-state index < -0.39 is 0 Å². The highest BCUT2D eigenvalue weighted by molar-refractivity contribution is 5.10. The van der Waals surface area contributed by atoms with Crippen molar-refractivity contribution in [1.29, 1.82) is 0 Å². The molecule has 2 aliphatic carbocycles. The Balaban J connectivity index is 1.56. The van der Waals surface area contributed by atoms with E-state index in [2.05, 4.69) is 17.5 Å². The van der Waals surface area contributed by atoms with Crippen molar-refractivity contribution < 1.29 is 4.74 Å². The maximum Gasteiger partial charge on any atom is 0.0474 e. The van der Waals surface area contributed by atoms with Gasteiger partial charge in [0.05, 0.1) is 0 Å². The number of nitrogens with one attached hydrogen (secondary N) is 1. The largest absolute Gasteiger partial charge is 0.385 e. The molecule has 0 saturated heterocycles. The van der Waals surface area contributed by atoms with Crippen LogP contribution in [0.4, 0.5) is 0 Å². The predicted molar refractivity (Wildman–Crippen MR) is 58.2 cm³/mol. The van der Waals surface area contributed by atoms with E-state index in [-0.39, 0.29) is 0 Å². The van der Waals surface area contributed by atoms with E-state index in [1.54, 1.807) is 7.11 Å². The quantitative estimate of drug-likeness (QED) is 0.515. The van der Waals surface area contributed by atoms with Gasteiger partial charge in [0.25, 0.3) is 0 Å². The number of fused-ring (bicyclic) bond motifs is 2. The number of rotatable bonds is 6. The van der Waals surface area contributed by atoms with E-state index in [4.69, 9.17) is 4.74 Å². The first-order valence-electron chi connectivity index (χ1n) is 5.78. The van der Waals surface area contributed by atoms with Gasteiger partial charge in [0.15, 0.2) is 0 Å². The monoisotopic (exact) mass is 195 g/mol. The van der Waals surface area contributed by atoms with Crippen LogP contribution in [0.1, 0.15) is 19.3 Å². The fraction of sp³-hybridized carbons (Fsp3) is 0.833. The first-order valence-corrected chi connectivity index (χ1v) is 5.78. The fourth-order valence-corrected chi connectivity index (χ4v) is 2.76. The van der Waals surface area contributed by atoms with Crippen LogP contribution < -0.4 is 5.32 Å². The molecule has 14 heavy (non-hydrogen) atoms.